The van der Waals surface area contributed by atoms with E-state index in [1.807, 2.05) is 33.0 Å². The molecule has 0 aliphatic rings. The van der Waals surface area contributed by atoms with Gasteiger partial charge in [0.15, 0.2) is 6.10 Å². The first-order chi connectivity index (χ1) is 14.7. The summed E-state index contributed by atoms with van der Waals surface area (Å²) in [5, 5.41) is 11.3. The number of carboxylic acids is 1. The predicted molar refractivity (Wildman–Crippen MR) is 129 cm³/mol. The molecule has 0 aliphatic carbocycles. The van der Waals surface area contributed by atoms with Gasteiger partial charge in [-0.15, -0.1) is 0 Å². The van der Waals surface area contributed by atoms with Crippen LogP contribution in [0.5, 0.6) is 5.75 Å². The van der Waals surface area contributed by atoms with Crippen molar-refractivity contribution in [3.05, 3.63) is 65.2 Å². The van der Waals surface area contributed by atoms with Gasteiger partial charge in [0.25, 0.3) is 0 Å². The zero-order valence-corrected chi connectivity index (χ0v) is 20.3. The first kappa shape index (κ1) is 28.6. The van der Waals surface area contributed by atoms with Gasteiger partial charge in [0, 0.05) is 6.61 Å². The molecular weight excluding hydrogens is 390 g/mol. The van der Waals surface area contributed by atoms with Crippen LogP contribution < -0.4 is 10.1 Å². The van der Waals surface area contributed by atoms with E-state index in [-0.39, 0.29) is 6.10 Å². The average Bonchev–Trinajstić information content (AvgIpc) is 2.75. The zero-order valence-electron chi connectivity index (χ0n) is 20.3. The minimum absolute atomic E-state index is 0.262. The Morgan fingerprint density at radius 3 is 1.90 bits per heavy atom. The third-order valence-electron chi connectivity index (χ3n) is 4.25. The van der Waals surface area contributed by atoms with Crippen LogP contribution in [0.4, 0.5) is 0 Å². The number of carbonyl (C=O) groups is 1. The standard InChI is InChI=1S/C11H17N.C10H14O.C5H10O3/c1-3-10-4-6-11(7-5-10)8-9-12-2;1-8(2)11-10-6-4-9(3)5-7-10;1-3-8-4(2)5(6)7/h4-7,12H,3,8-9H2,1-2H3;4-8H,1-3H3;4H,3H2,1-2H3,(H,6,7). The van der Waals surface area contributed by atoms with Crippen molar-refractivity contribution in [2.24, 2.45) is 0 Å². The Bertz CT molecular complexity index is 696. The lowest BCUT2D eigenvalue weighted by atomic mass is 10.1. The number of hydrogen-bond donors (Lipinski definition) is 2. The van der Waals surface area contributed by atoms with Crippen molar-refractivity contribution < 1.29 is 19.4 Å². The van der Waals surface area contributed by atoms with Gasteiger partial charge in [0.1, 0.15) is 5.75 Å². The van der Waals surface area contributed by atoms with Crippen molar-refractivity contribution in [2.75, 3.05) is 20.2 Å². The molecule has 0 saturated heterocycles. The number of aliphatic carboxylic acids is 1. The van der Waals surface area contributed by atoms with Crippen molar-refractivity contribution in [1.29, 1.82) is 0 Å². The van der Waals surface area contributed by atoms with Crippen LogP contribution in [-0.4, -0.2) is 43.5 Å². The molecule has 2 rings (SSSR count). The molecule has 0 spiro atoms. The Morgan fingerprint density at radius 2 is 1.52 bits per heavy atom. The summed E-state index contributed by atoms with van der Waals surface area (Å²) in [6.07, 6.45) is 1.85. The minimum atomic E-state index is -0.910. The van der Waals surface area contributed by atoms with Crippen LogP contribution in [0.2, 0.25) is 0 Å². The molecule has 0 heterocycles. The summed E-state index contributed by atoms with van der Waals surface area (Å²) in [5.74, 6) is 0.0393. The van der Waals surface area contributed by atoms with Gasteiger partial charge in [-0.1, -0.05) is 48.9 Å². The van der Waals surface area contributed by atoms with E-state index < -0.39 is 12.1 Å². The normalized spacial score (nSPS) is 11.0. The summed E-state index contributed by atoms with van der Waals surface area (Å²) in [6, 6.07) is 17.0. The number of carboxylic acid groups (broad SMARTS) is 1. The van der Waals surface area contributed by atoms with Crippen LogP contribution in [0.1, 0.15) is 51.3 Å². The van der Waals surface area contributed by atoms with Crippen LogP contribution in [0, 0.1) is 6.92 Å². The molecule has 0 bridgehead atoms. The highest BCUT2D eigenvalue weighted by Gasteiger charge is 2.07. The van der Waals surface area contributed by atoms with Crippen LogP contribution in [0.15, 0.2) is 48.5 Å². The first-order valence-electron chi connectivity index (χ1n) is 11.0. The van der Waals surface area contributed by atoms with Gasteiger partial charge in [0.2, 0.25) is 0 Å². The fraction of sp³-hybridized carbons (Fsp3) is 0.500. The SMILES string of the molecule is CCOC(C)C(=O)O.CCc1ccc(CCNC)cc1.Cc1ccc(OC(C)C)cc1. The summed E-state index contributed by atoms with van der Waals surface area (Å²) in [5.41, 5.74) is 4.10. The minimum Gasteiger partial charge on any atom is -0.491 e. The summed E-state index contributed by atoms with van der Waals surface area (Å²) in [4.78, 5) is 9.96. The van der Waals surface area contributed by atoms with Gasteiger partial charge in [-0.3, -0.25) is 0 Å². The van der Waals surface area contributed by atoms with Gasteiger partial charge in [-0.2, -0.15) is 0 Å². The Balaban J connectivity index is 0.000000446. The third kappa shape index (κ3) is 15.1. The molecule has 5 heteroatoms. The van der Waals surface area contributed by atoms with Crippen molar-refractivity contribution in [3.63, 3.8) is 0 Å². The number of aryl methyl sites for hydroxylation is 2. The van der Waals surface area contributed by atoms with Gasteiger partial charge in [-0.25, -0.2) is 4.79 Å². The molecule has 0 amide bonds. The molecule has 5 nitrogen and oxygen atoms in total. The number of nitrogens with one attached hydrogen (secondary N) is 1. The number of likely N-dealkylation sites (N-methyl/N-ethyl adjacent to an activating group) is 1. The second-order valence-corrected chi connectivity index (χ2v) is 7.44. The first-order valence-corrected chi connectivity index (χ1v) is 11.0. The fourth-order valence-corrected chi connectivity index (χ4v) is 2.42. The molecule has 0 fully saturated rings. The van der Waals surface area contributed by atoms with E-state index in [0.29, 0.717) is 6.61 Å². The number of benzene rings is 2. The van der Waals surface area contributed by atoms with Crippen molar-refractivity contribution in [2.45, 2.75) is 66.6 Å². The van der Waals surface area contributed by atoms with E-state index >= 15 is 0 Å². The molecule has 1 atom stereocenters. The maximum Gasteiger partial charge on any atom is 0.332 e. The summed E-state index contributed by atoms with van der Waals surface area (Å²) >= 11 is 0. The largest absolute Gasteiger partial charge is 0.491 e. The van der Waals surface area contributed by atoms with E-state index in [1.54, 1.807) is 6.92 Å². The van der Waals surface area contributed by atoms with Gasteiger partial charge in [0.05, 0.1) is 6.10 Å². The summed E-state index contributed by atoms with van der Waals surface area (Å²) < 4.78 is 10.2. The maximum absolute atomic E-state index is 9.96. The van der Waals surface area contributed by atoms with Gasteiger partial charge in [-0.05, 0) is 84.3 Å². The molecule has 0 radical (unpaired) electrons. The Kier molecular flexibility index (Phi) is 16.0. The van der Waals surface area contributed by atoms with Crippen LogP contribution in [0.25, 0.3) is 0 Å². The predicted octanol–water partition coefficient (Wildman–Crippen LogP) is 5.29. The lowest BCUT2D eigenvalue weighted by molar-refractivity contribution is -0.148. The van der Waals surface area contributed by atoms with Gasteiger partial charge >= 0.3 is 5.97 Å². The zero-order chi connectivity index (χ0) is 23.6. The van der Waals surface area contributed by atoms with E-state index in [2.05, 4.69) is 55.6 Å². The van der Waals surface area contributed by atoms with Crippen LogP contribution >= 0.6 is 0 Å². The third-order valence-corrected chi connectivity index (χ3v) is 4.25. The van der Waals surface area contributed by atoms with E-state index in [1.165, 1.54) is 23.6 Å². The van der Waals surface area contributed by atoms with Crippen molar-refractivity contribution in [1.82, 2.24) is 5.32 Å². The Morgan fingerprint density at radius 1 is 0.968 bits per heavy atom. The van der Waals surface area contributed by atoms with E-state index in [0.717, 1.165) is 25.1 Å². The van der Waals surface area contributed by atoms with Crippen LogP contribution in [0.3, 0.4) is 0 Å². The Labute approximate surface area is 188 Å². The highest BCUT2D eigenvalue weighted by Crippen LogP contribution is 2.12. The monoisotopic (exact) mass is 431 g/mol. The smallest absolute Gasteiger partial charge is 0.332 e. The molecule has 0 saturated carbocycles. The second-order valence-electron chi connectivity index (χ2n) is 7.44. The lowest BCUT2D eigenvalue weighted by Gasteiger charge is -2.08. The fourth-order valence-electron chi connectivity index (χ4n) is 2.42. The van der Waals surface area contributed by atoms with Crippen LogP contribution in [-0.2, 0) is 22.4 Å². The summed E-state index contributed by atoms with van der Waals surface area (Å²) in [6.45, 7) is 13.1. The van der Waals surface area contributed by atoms with E-state index in [4.69, 9.17) is 14.6 Å². The highest BCUT2D eigenvalue weighted by molar-refractivity contribution is 5.71. The highest BCUT2D eigenvalue weighted by atomic mass is 16.5. The second kappa shape index (κ2) is 17.3. The van der Waals surface area contributed by atoms with Crippen molar-refractivity contribution in [3.8, 4) is 5.75 Å². The molecular formula is C26H41NO4. The number of ether oxygens (including phenoxy) is 2. The number of hydrogen-bond acceptors (Lipinski definition) is 4. The molecule has 2 aromatic carbocycles. The van der Waals surface area contributed by atoms with Gasteiger partial charge < -0.3 is 19.9 Å². The molecule has 2 N–H and O–H groups in total. The molecule has 0 aliphatic heterocycles. The molecule has 31 heavy (non-hydrogen) atoms. The molecule has 174 valence electrons. The molecule has 0 aromatic heterocycles. The summed E-state index contributed by atoms with van der Waals surface area (Å²) in [7, 11) is 1.99. The van der Waals surface area contributed by atoms with Crippen molar-refractivity contribution >= 4 is 5.97 Å². The number of rotatable bonds is 9. The molecule has 2 aromatic rings. The topological polar surface area (TPSA) is 67.8 Å². The average molecular weight is 432 g/mol. The quantitative estimate of drug-likeness (QED) is 0.565. The maximum atomic E-state index is 9.96. The Hall–Kier alpha value is -2.37. The van der Waals surface area contributed by atoms with E-state index in [9.17, 15) is 4.79 Å². The molecule has 1 unspecified atom stereocenters. The lowest BCUT2D eigenvalue weighted by Crippen LogP contribution is -2.19.